The SMILES string of the molecule is CCCC.CN=C([B]OC(C)C(C)(C)S)/C=C(\C)Cl. The van der Waals surface area contributed by atoms with Crippen LogP contribution in [0.4, 0.5) is 0 Å². The highest BCUT2D eigenvalue weighted by atomic mass is 35.5. The van der Waals surface area contributed by atoms with E-state index in [4.69, 9.17) is 16.3 Å². The molecule has 0 amide bonds. The van der Waals surface area contributed by atoms with E-state index in [1.165, 1.54) is 12.8 Å². The lowest BCUT2D eigenvalue weighted by Gasteiger charge is -2.26. The number of hydrogen-bond acceptors (Lipinski definition) is 3. The largest absolute Gasteiger partial charge is 0.429 e. The number of aliphatic imine (C=N–C) groups is 1. The standard InChI is InChI=1S/C10H18BClNOS.C4H10/c1-7(12)6-9(13-5)11-14-8(2)10(3,4)15;1-3-4-2/h6,8,15H,1-5H3;3-4H2,1-2H3/b7-6+,13-9?;. The monoisotopic (exact) mass is 304 g/mol. The van der Waals surface area contributed by atoms with Gasteiger partial charge in [0, 0.05) is 22.4 Å². The van der Waals surface area contributed by atoms with Crippen molar-refractivity contribution in [1.82, 2.24) is 0 Å². The van der Waals surface area contributed by atoms with Crippen molar-refractivity contribution in [2.45, 2.75) is 65.2 Å². The van der Waals surface area contributed by atoms with Crippen molar-refractivity contribution in [3.05, 3.63) is 11.1 Å². The van der Waals surface area contributed by atoms with Crippen molar-refractivity contribution in [1.29, 1.82) is 0 Å². The van der Waals surface area contributed by atoms with Gasteiger partial charge in [0.05, 0.1) is 6.10 Å². The summed E-state index contributed by atoms with van der Waals surface area (Å²) in [7, 11) is 3.30. The van der Waals surface area contributed by atoms with Crippen molar-refractivity contribution in [2.75, 3.05) is 7.05 Å². The molecule has 0 N–H and O–H groups in total. The Morgan fingerprint density at radius 2 is 1.89 bits per heavy atom. The lowest BCUT2D eigenvalue weighted by atomic mass is 9.90. The van der Waals surface area contributed by atoms with Gasteiger partial charge in [-0.15, -0.1) is 0 Å². The number of allylic oxidation sites excluding steroid dienone is 2. The smallest absolute Gasteiger partial charge is 0.350 e. The van der Waals surface area contributed by atoms with Gasteiger partial charge in [-0.3, -0.25) is 0 Å². The predicted octanol–water partition coefficient (Wildman–Crippen LogP) is 4.70. The van der Waals surface area contributed by atoms with Gasteiger partial charge in [-0.1, -0.05) is 38.3 Å². The molecule has 0 aromatic carbocycles. The third-order valence-electron chi connectivity index (χ3n) is 2.49. The fourth-order valence-electron chi connectivity index (χ4n) is 0.693. The molecule has 0 bridgehead atoms. The molecule has 1 radical (unpaired) electrons. The fraction of sp³-hybridized carbons (Fsp3) is 0.786. The third kappa shape index (κ3) is 14.3. The molecule has 1 atom stereocenters. The minimum absolute atomic E-state index is 0.00150. The molecule has 1 unspecified atom stereocenters. The van der Waals surface area contributed by atoms with E-state index >= 15 is 0 Å². The van der Waals surface area contributed by atoms with E-state index in [0.717, 1.165) is 0 Å². The van der Waals surface area contributed by atoms with Gasteiger partial charge < -0.3 is 9.65 Å². The summed E-state index contributed by atoms with van der Waals surface area (Å²) in [5.41, 5.74) is 0.715. The lowest BCUT2D eigenvalue weighted by Crippen LogP contribution is -2.33. The summed E-state index contributed by atoms with van der Waals surface area (Å²) in [6, 6.07) is 0. The third-order valence-corrected chi connectivity index (χ3v) is 2.97. The Morgan fingerprint density at radius 3 is 2.16 bits per heavy atom. The Labute approximate surface area is 130 Å². The van der Waals surface area contributed by atoms with Crippen LogP contribution in [0.15, 0.2) is 16.1 Å². The van der Waals surface area contributed by atoms with Crippen LogP contribution >= 0.6 is 24.2 Å². The van der Waals surface area contributed by atoms with Crippen molar-refractivity contribution in [2.24, 2.45) is 4.99 Å². The van der Waals surface area contributed by atoms with Crippen LogP contribution in [0.1, 0.15) is 54.4 Å². The Balaban J connectivity index is 0. The van der Waals surface area contributed by atoms with Crippen molar-refractivity contribution in [3.63, 3.8) is 0 Å². The van der Waals surface area contributed by atoms with Crippen molar-refractivity contribution >= 4 is 37.3 Å². The summed E-state index contributed by atoms with van der Waals surface area (Å²) in [4.78, 5) is 4.03. The quantitative estimate of drug-likeness (QED) is 0.429. The molecule has 0 aliphatic heterocycles. The first-order valence-electron chi connectivity index (χ1n) is 6.70. The van der Waals surface area contributed by atoms with E-state index < -0.39 is 0 Å². The van der Waals surface area contributed by atoms with Gasteiger partial charge in [-0.25, -0.2) is 0 Å². The first-order chi connectivity index (χ1) is 8.68. The molecule has 0 aromatic rings. The number of hydrogen-bond donors (Lipinski definition) is 1. The maximum atomic E-state index is 5.75. The molecule has 0 saturated heterocycles. The van der Waals surface area contributed by atoms with Crippen molar-refractivity contribution < 1.29 is 4.65 Å². The summed E-state index contributed by atoms with van der Waals surface area (Å²) in [6.45, 7) is 12.1. The Morgan fingerprint density at radius 1 is 1.42 bits per heavy atom. The summed E-state index contributed by atoms with van der Waals surface area (Å²) < 4.78 is 5.34. The van der Waals surface area contributed by atoms with Gasteiger partial charge in [-0.2, -0.15) is 12.6 Å². The molecule has 0 saturated carbocycles. The van der Waals surface area contributed by atoms with Crippen LogP contribution < -0.4 is 0 Å². The number of halogens is 1. The average molecular weight is 305 g/mol. The topological polar surface area (TPSA) is 21.6 Å². The molecular weight excluding hydrogens is 276 g/mol. The average Bonchev–Trinajstić information content (AvgIpc) is 2.32. The highest BCUT2D eigenvalue weighted by Gasteiger charge is 2.22. The lowest BCUT2D eigenvalue weighted by molar-refractivity contribution is 0.203. The highest BCUT2D eigenvalue weighted by Crippen LogP contribution is 2.19. The van der Waals surface area contributed by atoms with E-state index in [9.17, 15) is 0 Å². The Hall–Kier alpha value is 0.0749. The molecular formula is C14H28BClNOS. The van der Waals surface area contributed by atoms with Crippen LogP contribution in [0.3, 0.4) is 0 Å². The zero-order chi connectivity index (χ0) is 15.5. The molecule has 2 nitrogen and oxygen atoms in total. The van der Waals surface area contributed by atoms with E-state index in [-0.39, 0.29) is 10.9 Å². The van der Waals surface area contributed by atoms with Crippen LogP contribution in [0.25, 0.3) is 0 Å². The number of nitrogens with zero attached hydrogens (tertiary/aromatic N) is 1. The van der Waals surface area contributed by atoms with Crippen LogP contribution in [-0.2, 0) is 4.65 Å². The second kappa shape index (κ2) is 11.9. The highest BCUT2D eigenvalue weighted by molar-refractivity contribution is 7.81. The fourth-order valence-corrected chi connectivity index (χ4v) is 0.866. The molecule has 0 aliphatic rings. The van der Waals surface area contributed by atoms with Gasteiger partial charge in [-0.05, 0) is 33.8 Å². The second-order valence-corrected chi connectivity index (χ2v) is 6.68. The molecule has 0 rings (SSSR count). The van der Waals surface area contributed by atoms with E-state index in [2.05, 4.69) is 31.5 Å². The van der Waals surface area contributed by atoms with Gasteiger partial charge in [0.25, 0.3) is 0 Å². The zero-order valence-corrected chi connectivity index (χ0v) is 15.0. The maximum absolute atomic E-state index is 5.75. The predicted molar refractivity (Wildman–Crippen MR) is 92.9 cm³/mol. The van der Waals surface area contributed by atoms with Crippen LogP contribution in [-0.4, -0.2) is 31.0 Å². The van der Waals surface area contributed by atoms with Crippen LogP contribution in [0.2, 0.25) is 0 Å². The van der Waals surface area contributed by atoms with Crippen molar-refractivity contribution in [3.8, 4) is 0 Å². The summed E-state index contributed by atoms with van der Waals surface area (Å²) in [5, 5.41) is 0.674. The first-order valence-corrected chi connectivity index (χ1v) is 7.53. The summed E-state index contributed by atoms with van der Waals surface area (Å²) in [5.74, 6) is 0. The van der Waals surface area contributed by atoms with Gasteiger partial charge in [0.2, 0.25) is 0 Å². The molecule has 111 valence electrons. The number of unbranched alkanes of at least 4 members (excludes halogenated alkanes) is 1. The summed E-state index contributed by atoms with van der Waals surface area (Å²) >= 11 is 10.2. The summed E-state index contributed by atoms with van der Waals surface area (Å²) in [6.07, 6.45) is 4.39. The van der Waals surface area contributed by atoms with E-state index in [1.54, 1.807) is 27.5 Å². The second-order valence-electron chi connectivity index (χ2n) is 4.93. The van der Waals surface area contributed by atoms with Crippen LogP contribution in [0, 0.1) is 0 Å². The zero-order valence-electron chi connectivity index (χ0n) is 13.3. The minimum Gasteiger partial charge on any atom is -0.429 e. The molecule has 0 aromatic heterocycles. The molecule has 0 fully saturated rings. The minimum atomic E-state index is -0.185. The van der Waals surface area contributed by atoms with Gasteiger partial charge in [0.15, 0.2) is 0 Å². The maximum Gasteiger partial charge on any atom is 0.350 e. The molecule has 0 aliphatic carbocycles. The molecule has 5 heteroatoms. The van der Waals surface area contributed by atoms with E-state index in [1.807, 2.05) is 20.8 Å². The number of thiol groups is 1. The number of rotatable bonds is 6. The molecule has 19 heavy (non-hydrogen) atoms. The normalized spacial score (nSPS) is 14.6. The first kappa shape index (κ1) is 21.4. The molecule has 0 heterocycles. The van der Waals surface area contributed by atoms with Crippen LogP contribution in [0.5, 0.6) is 0 Å². The Bertz CT molecular complexity index is 282. The Kier molecular flexibility index (Phi) is 13.3. The van der Waals surface area contributed by atoms with Gasteiger partial charge >= 0.3 is 7.48 Å². The molecule has 0 spiro atoms. The van der Waals surface area contributed by atoms with E-state index in [0.29, 0.717) is 10.6 Å². The van der Waals surface area contributed by atoms with Gasteiger partial charge in [0.1, 0.15) is 0 Å².